The van der Waals surface area contributed by atoms with E-state index in [4.69, 9.17) is 9.84 Å². The summed E-state index contributed by atoms with van der Waals surface area (Å²) in [5.74, 6) is -0.519. The highest BCUT2D eigenvalue weighted by molar-refractivity contribution is 5.89. The number of aliphatic hydroxyl groups is 1. The number of hydrogen-bond acceptors (Lipinski definition) is 4. The molecule has 0 spiro atoms. The molecule has 0 aliphatic heterocycles. The highest BCUT2D eigenvalue weighted by Gasteiger charge is 2.10. The van der Waals surface area contributed by atoms with Crippen LogP contribution in [0.1, 0.15) is 15.9 Å². The first-order chi connectivity index (χ1) is 10.5. The fourth-order valence-corrected chi connectivity index (χ4v) is 2.05. The van der Waals surface area contributed by atoms with Crippen LogP contribution < -0.4 is 10.3 Å². The highest BCUT2D eigenvalue weighted by Crippen LogP contribution is 2.17. The van der Waals surface area contributed by atoms with Crippen LogP contribution in [0.5, 0.6) is 5.75 Å². The second kappa shape index (κ2) is 6.91. The van der Waals surface area contributed by atoms with Crippen LogP contribution in [0, 0.1) is 6.92 Å². The summed E-state index contributed by atoms with van der Waals surface area (Å²) in [6.07, 6.45) is 0.747. The molecule has 1 aromatic carbocycles. The lowest BCUT2D eigenvalue weighted by atomic mass is 10.1. The summed E-state index contributed by atoms with van der Waals surface area (Å²) in [6, 6.07) is 9.36. The van der Waals surface area contributed by atoms with Crippen LogP contribution in [0.2, 0.25) is 0 Å². The first-order valence-corrected chi connectivity index (χ1v) is 6.77. The number of aromatic nitrogens is 1. The second-order valence-electron chi connectivity index (χ2n) is 4.94. The third kappa shape index (κ3) is 3.95. The van der Waals surface area contributed by atoms with Crippen molar-refractivity contribution in [2.75, 3.05) is 6.61 Å². The van der Waals surface area contributed by atoms with E-state index in [1.807, 2.05) is 0 Å². The number of carboxylic acids is 1. The van der Waals surface area contributed by atoms with Gasteiger partial charge in [-0.15, -0.1) is 0 Å². The number of rotatable bonds is 6. The number of aromatic carboxylic acids is 1. The largest absolute Gasteiger partial charge is 0.491 e. The monoisotopic (exact) mass is 303 g/mol. The number of carbonyl (C=O) groups is 1. The second-order valence-corrected chi connectivity index (χ2v) is 4.94. The van der Waals surface area contributed by atoms with E-state index in [-0.39, 0.29) is 24.3 Å². The molecule has 0 saturated carbocycles. The molecule has 2 aromatic rings. The van der Waals surface area contributed by atoms with Crippen molar-refractivity contribution in [1.29, 1.82) is 0 Å². The summed E-state index contributed by atoms with van der Waals surface area (Å²) in [7, 11) is 0. The molecule has 0 aliphatic rings. The van der Waals surface area contributed by atoms with E-state index in [2.05, 4.69) is 0 Å². The molecule has 0 saturated heterocycles. The van der Waals surface area contributed by atoms with E-state index in [9.17, 15) is 14.7 Å². The number of carboxylic acid groups (broad SMARTS) is 1. The summed E-state index contributed by atoms with van der Waals surface area (Å²) in [4.78, 5) is 22.5. The molecular weight excluding hydrogens is 286 g/mol. The Morgan fingerprint density at radius 3 is 2.73 bits per heavy atom. The van der Waals surface area contributed by atoms with Gasteiger partial charge >= 0.3 is 5.97 Å². The zero-order valence-electron chi connectivity index (χ0n) is 12.1. The van der Waals surface area contributed by atoms with Crippen LogP contribution in [0.25, 0.3) is 0 Å². The van der Waals surface area contributed by atoms with Gasteiger partial charge in [-0.05, 0) is 36.8 Å². The molecule has 0 radical (unpaired) electrons. The van der Waals surface area contributed by atoms with Crippen molar-refractivity contribution in [2.45, 2.75) is 19.6 Å². The molecule has 2 rings (SSSR count). The van der Waals surface area contributed by atoms with Gasteiger partial charge in [0.15, 0.2) is 0 Å². The number of ether oxygens (including phenoxy) is 1. The quantitative estimate of drug-likeness (QED) is 0.839. The average molecular weight is 303 g/mol. The minimum absolute atomic E-state index is 0.00714. The Hall–Kier alpha value is -2.60. The minimum Gasteiger partial charge on any atom is -0.491 e. The molecular formula is C16H17NO5. The predicted molar refractivity (Wildman–Crippen MR) is 80.3 cm³/mol. The first-order valence-electron chi connectivity index (χ1n) is 6.77. The first kappa shape index (κ1) is 15.8. The molecule has 0 amide bonds. The Balaban J connectivity index is 1.95. The molecule has 0 fully saturated rings. The van der Waals surface area contributed by atoms with Gasteiger partial charge in [-0.3, -0.25) is 4.79 Å². The molecule has 6 nitrogen and oxygen atoms in total. The summed E-state index contributed by atoms with van der Waals surface area (Å²) in [5, 5.41) is 18.9. The number of pyridine rings is 1. The lowest BCUT2D eigenvalue weighted by Crippen LogP contribution is -2.29. The summed E-state index contributed by atoms with van der Waals surface area (Å²) in [5.41, 5.74) is 0.603. The minimum atomic E-state index is -0.993. The van der Waals surface area contributed by atoms with Gasteiger partial charge in [0.1, 0.15) is 18.5 Å². The fraction of sp³-hybridized carbons (Fsp3) is 0.250. The summed E-state index contributed by atoms with van der Waals surface area (Å²) < 4.78 is 6.83. The van der Waals surface area contributed by atoms with Gasteiger partial charge in [0.05, 0.1) is 12.1 Å². The van der Waals surface area contributed by atoms with E-state index in [1.165, 1.54) is 22.8 Å². The van der Waals surface area contributed by atoms with Gasteiger partial charge in [-0.1, -0.05) is 6.07 Å². The Kier molecular flexibility index (Phi) is 4.95. The molecule has 1 aromatic heterocycles. The van der Waals surface area contributed by atoms with Crippen LogP contribution >= 0.6 is 0 Å². The van der Waals surface area contributed by atoms with Crippen molar-refractivity contribution in [3.05, 3.63) is 64.1 Å². The number of benzene rings is 1. The van der Waals surface area contributed by atoms with Crippen molar-refractivity contribution >= 4 is 5.97 Å². The maximum Gasteiger partial charge on any atom is 0.335 e. The van der Waals surface area contributed by atoms with Gasteiger partial charge < -0.3 is 19.5 Å². The molecule has 0 bridgehead atoms. The van der Waals surface area contributed by atoms with Gasteiger partial charge in [0.2, 0.25) is 0 Å². The molecule has 2 N–H and O–H groups in total. The maximum absolute atomic E-state index is 11.5. The third-order valence-electron chi connectivity index (χ3n) is 3.18. The van der Waals surface area contributed by atoms with Crippen molar-refractivity contribution in [2.24, 2.45) is 0 Å². The number of aliphatic hydroxyl groups excluding tert-OH is 1. The standard InChI is InChI=1S/C16H17NO5/c1-11-8-13(5-6-14(11)16(20)21)22-10-12(18)9-17-7-3-2-4-15(17)19/h2-8,12,18H,9-10H2,1H3,(H,20,21). The molecule has 1 atom stereocenters. The van der Waals surface area contributed by atoms with Gasteiger partial charge in [0.25, 0.3) is 5.56 Å². The lowest BCUT2D eigenvalue weighted by Gasteiger charge is -2.14. The topological polar surface area (TPSA) is 88.8 Å². The maximum atomic E-state index is 11.5. The van der Waals surface area contributed by atoms with Crippen LogP contribution in [-0.4, -0.2) is 33.5 Å². The Labute approximate surface area is 127 Å². The average Bonchev–Trinajstić information content (AvgIpc) is 2.47. The van der Waals surface area contributed by atoms with Crippen LogP contribution in [0.3, 0.4) is 0 Å². The molecule has 1 unspecified atom stereocenters. The van der Waals surface area contributed by atoms with Crippen LogP contribution in [-0.2, 0) is 6.54 Å². The molecule has 1 heterocycles. The van der Waals surface area contributed by atoms with Crippen LogP contribution in [0.4, 0.5) is 0 Å². The molecule has 116 valence electrons. The van der Waals surface area contributed by atoms with E-state index < -0.39 is 12.1 Å². The summed E-state index contributed by atoms with van der Waals surface area (Å²) in [6.45, 7) is 1.81. The smallest absolute Gasteiger partial charge is 0.335 e. The van der Waals surface area contributed by atoms with E-state index in [1.54, 1.807) is 31.3 Å². The van der Waals surface area contributed by atoms with Crippen LogP contribution in [0.15, 0.2) is 47.4 Å². The number of aryl methyl sites for hydroxylation is 1. The van der Waals surface area contributed by atoms with Crippen molar-refractivity contribution < 1.29 is 19.7 Å². The zero-order chi connectivity index (χ0) is 16.1. The predicted octanol–water partition coefficient (Wildman–Crippen LogP) is 1.29. The fourth-order valence-electron chi connectivity index (χ4n) is 2.05. The van der Waals surface area contributed by atoms with E-state index in [0.717, 1.165) is 0 Å². The molecule has 22 heavy (non-hydrogen) atoms. The van der Waals surface area contributed by atoms with Crippen molar-refractivity contribution in [3.63, 3.8) is 0 Å². The lowest BCUT2D eigenvalue weighted by molar-refractivity contribution is 0.0695. The van der Waals surface area contributed by atoms with Gasteiger partial charge in [-0.2, -0.15) is 0 Å². The third-order valence-corrected chi connectivity index (χ3v) is 3.18. The zero-order valence-corrected chi connectivity index (χ0v) is 12.1. The Bertz CT molecular complexity index is 722. The van der Waals surface area contributed by atoms with E-state index >= 15 is 0 Å². The van der Waals surface area contributed by atoms with Gasteiger partial charge in [-0.25, -0.2) is 4.79 Å². The Morgan fingerprint density at radius 2 is 2.09 bits per heavy atom. The normalized spacial score (nSPS) is 11.9. The van der Waals surface area contributed by atoms with Gasteiger partial charge in [0, 0.05) is 12.3 Å². The SMILES string of the molecule is Cc1cc(OCC(O)Cn2ccccc2=O)ccc1C(=O)O. The van der Waals surface area contributed by atoms with Crippen molar-refractivity contribution in [3.8, 4) is 5.75 Å². The molecule has 6 heteroatoms. The Morgan fingerprint density at radius 1 is 1.32 bits per heavy atom. The molecule has 0 aliphatic carbocycles. The highest BCUT2D eigenvalue weighted by atomic mass is 16.5. The number of nitrogens with zero attached hydrogens (tertiary/aromatic N) is 1. The van der Waals surface area contributed by atoms with Crippen molar-refractivity contribution in [1.82, 2.24) is 4.57 Å². The number of hydrogen-bond donors (Lipinski definition) is 2. The van der Waals surface area contributed by atoms with E-state index in [0.29, 0.717) is 11.3 Å². The summed E-state index contributed by atoms with van der Waals surface area (Å²) >= 11 is 0.